The Hall–Kier alpha value is -6.70. The molecule has 1 aliphatic carbocycles. The molecule has 11 rings (SSSR count). The van der Waals surface area contributed by atoms with Crippen molar-refractivity contribution in [2.75, 3.05) is 0 Å². The lowest BCUT2D eigenvalue weighted by atomic mass is 9.81. The SMILES string of the molecule is CC1(C)c2cc(-c3cc(-c4ccccc4)cc(-c4cc5c6c(cccc6c4)Oc4ccc(-c6ccccc6)cc4-5)c3)ccc2-c2cc3ccccc3cc21. The van der Waals surface area contributed by atoms with Gasteiger partial charge in [0.2, 0.25) is 0 Å². The van der Waals surface area contributed by atoms with Crippen LogP contribution in [0.2, 0.25) is 0 Å². The summed E-state index contributed by atoms with van der Waals surface area (Å²) in [4.78, 5) is 0. The van der Waals surface area contributed by atoms with Crippen molar-refractivity contribution in [2.24, 2.45) is 0 Å². The molecule has 254 valence electrons. The van der Waals surface area contributed by atoms with E-state index < -0.39 is 0 Å². The fourth-order valence-corrected chi connectivity index (χ4v) is 8.97. The van der Waals surface area contributed by atoms with Gasteiger partial charge in [-0.1, -0.05) is 129 Å². The highest BCUT2D eigenvalue weighted by atomic mass is 16.5. The molecule has 1 nitrogen and oxygen atoms in total. The zero-order chi connectivity index (χ0) is 36.0. The van der Waals surface area contributed by atoms with Crippen LogP contribution in [0.15, 0.2) is 182 Å². The van der Waals surface area contributed by atoms with E-state index in [-0.39, 0.29) is 5.41 Å². The van der Waals surface area contributed by atoms with E-state index in [2.05, 4.69) is 196 Å². The first kappa shape index (κ1) is 30.9. The van der Waals surface area contributed by atoms with Crippen LogP contribution >= 0.6 is 0 Å². The minimum absolute atomic E-state index is 0.114. The molecule has 0 unspecified atom stereocenters. The van der Waals surface area contributed by atoms with E-state index >= 15 is 0 Å². The van der Waals surface area contributed by atoms with Gasteiger partial charge in [-0.25, -0.2) is 0 Å². The summed E-state index contributed by atoms with van der Waals surface area (Å²) in [5, 5.41) is 4.92. The zero-order valence-corrected chi connectivity index (χ0v) is 30.2. The molecule has 54 heavy (non-hydrogen) atoms. The van der Waals surface area contributed by atoms with Gasteiger partial charge < -0.3 is 4.74 Å². The molecule has 1 heteroatoms. The quantitative estimate of drug-likeness (QED) is 0.179. The van der Waals surface area contributed by atoms with Crippen LogP contribution in [0.1, 0.15) is 25.0 Å². The third kappa shape index (κ3) is 4.79. The highest BCUT2D eigenvalue weighted by Crippen LogP contribution is 2.52. The molecule has 0 fully saturated rings. The summed E-state index contributed by atoms with van der Waals surface area (Å²) < 4.78 is 6.54. The predicted molar refractivity (Wildman–Crippen MR) is 226 cm³/mol. The van der Waals surface area contributed by atoms with Gasteiger partial charge in [0.1, 0.15) is 11.5 Å². The van der Waals surface area contributed by atoms with Gasteiger partial charge in [0, 0.05) is 16.4 Å². The van der Waals surface area contributed by atoms with Crippen molar-refractivity contribution in [3.8, 4) is 78.3 Å². The number of benzene rings is 9. The van der Waals surface area contributed by atoms with Gasteiger partial charge in [-0.2, -0.15) is 0 Å². The van der Waals surface area contributed by atoms with Crippen LogP contribution in [-0.4, -0.2) is 0 Å². The number of hydrogen-bond donors (Lipinski definition) is 0. The van der Waals surface area contributed by atoms with Crippen molar-refractivity contribution in [3.05, 3.63) is 193 Å². The molecule has 0 aromatic heterocycles. The summed E-state index contributed by atoms with van der Waals surface area (Å²) in [6.45, 7) is 4.75. The minimum Gasteiger partial charge on any atom is -0.456 e. The highest BCUT2D eigenvalue weighted by molar-refractivity contribution is 6.07. The Labute approximate surface area is 315 Å². The van der Waals surface area contributed by atoms with Crippen LogP contribution in [0.5, 0.6) is 11.5 Å². The van der Waals surface area contributed by atoms with Crippen molar-refractivity contribution in [2.45, 2.75) is 19.3 Å². The average Bonchev–Trinajstić information content (AvgIpc) is 3.44. The van der Waals surface area contributed by atoms with Crippen molar-refractivity contribution >= 4 is 21.5 Å². The van der Waals surface area contributed by atoms with Crippen molar-refractivity contribution in [1.29, 1.82) is 0 Å². The molecule has 0 bridgehead atoms. The third-order valence-electron chi connectivity index (χ3n) is 11.8. The molecule has 0 saturated heterocycles. The molecular formula is C53H36O. The second-order valence-corrected chi connectivity index (χ2v) is 15.4. The van der Waals surface area contributed by atoms with Crippen molar-refractivity contribution < 1.29 is 4.74 Å². The Kier molecular flexibility index (Phi) is 6.66. The summed E-state index contributed by atoms with van der Waals surface area (Å²) in [7, 11) is 0. The summed E-state index contributed by atoms with van der Waals surface area (Å²) in [5.74, 6) is 1.79. The van der Waals surface area contributed by atoms with Crippen LogP contribution in [-0.2, 0) is 5.41 Å². The first-order valence-corrected chi connectivity index (χ1v) is 18.8. The predicted octanol–water partition coefficient (Wildman–Crippen LogP) is 14.7. The molecule has 0 spiro atoms. The summed E-state index contributed by atoms with van der Waals surface area (Å²) >= 11 is 0. The van der Waals surface area contributed by atoms with E-state index in [0.29, 0.717) is 0 Å². The fourth-order valence-electron chi connectivity index (χ4n) is 8.97. The Balaban J connectivity index is 1.10. The molecule has 0 atom stereocenters. The molecule has 9 aromatic rings. The molecular weight excluding hydrogens is 653 g/mol. The molecule has 1 heterocycles. The monoisotopic (exact) mass is 688 g/mol. The zero-order valence-electron chi connectivity index (χ0n) is 30.2. The second kappa shape index (κ2) is 11.7. The van der Waals surface area contributed by atoms with Gasteiger partial charge in [0.05, 0.1) is 0 Å². The Bertz CT molecular complexity index is 2970. The molecule has 1 aliphatic heterocycles. The van der Waals surface area contributed by atoms with Crippen LogP contribution < -0.4 is 4.74 Å². The summed E-state index contributed by atoms with van der Waals surface area (Å²) in [6.07, 6.45) is 0. The lowest BCUT2D eigenvalue weighted by molar-refractivity contribution is 0.487. The number of ether oxygens (including phenoxy) is 1. The largest absolute Gasteiger partial charge is 0.456 e. The maximum Gasteiger partial charge on any atom is 0.135 e. The maximum atomic E-state index is 6.54. The molecule has 9 aromatic carbocycles. The van der Waals surface area contributed by atoms with Gasteiger partial charge in [-0.15, -0.1) is 0 Å². The Morgan fingerprint density at radius 2 is 0.870 bits per heavy atom. The first-order chi connectivity index (χ1) is 26.5. The molecule has 0 N–H and O–H groups in total. The Morgan fingerprint density at radius 3 is 1.63 bits per heavy atom. The summed E-state index contributed by atoms with van der Waals surface area (Å²) in [5.41, 5.74) is 17.3. The van der Waals surface area contributed by atoms with Crippen LogP contribution in [0, 0.1) is 0 Å². The highest BCUT2D eigenvalue weighted by Gasteiger charge is 2.36. The maximum absolute atomic E-state index is 6.54. The second-order valence-electron chi connectivity index (χ2n) is 15.4. The number of hydrogen-bond acceptors (Lipinski definition) is 1. The molecule has 2 aliphatic rings. The van der Waals surface area contributed by atoms with Crippen LogP contribution in [0.3, 0.4) is 0 Å². The smallest absolute Gasteiger partial charge is 0.135 e. The van der Waals surface area contributed by atoms with Crippen LogP contribution in [0.4, 0.5) is 0 Å². The van der Waals surface area contributed by atoms with Crippen molar-refractivity contribution in [1.82, 2.24) is 0 Å². The van der Waals surface area contributed by atoms with Gasteiger partial charge in [-0.3, -0.25) is 0 Å². The minimum atomic E-state index is -0.114. The van der Waals surface area contributed by atoms with E-state index in [9.17, 15) is 0 Å². The lowest BCUT2D eigenvalue weighted by Gasteiger charge is -2.23. The van der Waals surface area contributed by atoms with Gasteiger partial charge >= 0.3 is 0 Å². The van der Waals surface area contributed by atoms with Crippen LogP contribution in [0.25, 0.3) is 88.3 Å². The Morgan fingerprint density at radius 1 is 0.315 bits per heavy atom. The normalized spacial score (nSPS) is 13.3. The third-order valence-corrected chi connectivity index (χ3v) is 11.8. The van der Waals surface area contributed by atoms with E-state index in [0.717, 1.165) is 22.4 Å². The lowest BCUT2D eigenvalue weighted by Crippen LogP contribution is -2.15. The first-order valence-electron chi connectivity index (χ1n) is 18.8. The summed E-state index contributed by atoms with van der Waals surface area (Å²) in [6, 6.07) is 66.8. The number of fused-ring (bicyclic) bond motifs is 6. The van der Waals surface area contributed by atoms with E-state index in [1.54, 1.807) is 0 Å². The van der Waals surface area contributed by atoms with E-state index in [1.165, 1.54) is 88.5 Å². The average molecular weight is 689 g/mol. The van der Waals surface area contributed by atoms with Gasteiger partial charge in [0.25, 0.3) is 0 Å². The number of rotatable bonds is 4. The van der Waals surface area contributed by atoms with E-state index in [1.807, 2.05) is 0 Å². The van der Waals surface area contributed by atoms with E-state index in [4.69, 9.17) is 4.74 Å². The van der Waals surface area contributed by atoms with Crippen molar-refractivity contribution in [3.63, 3.8) is 0 Å². The molecule has 0 amide bonds. The van der Waals surface area contributed by atoms with Gasteiger partial charge in [-0.05, 0) is 155 Å². The standard InChI is InChI=1S/C53H36O/c1-53(2)48-32-38(20-22-44(48)45-28-35-16-9-10-17-36(35)31-49(45)53)41-25-40(34-14-7-4-8-15-34)26-42(27-41)43-24-39-18-11-19-51-52(39)47(30-43)46-29-37(21-23-50(46)54-51)33-12-5-3-6-13-33/h3-32H,1-2H3. The topological polar surface area (TPSA) is 9.23 Å². The van der Waals surface area contributed by atoms with Gasteiger partial charge in [0.15, 0.2) is 0 Å². The molecule has 0 saturated carbocycles. The fraction of sp³-hybridized carbons (Fsp3) is 0.0566. The molecule has 0 radical (unpaired) electrons.